The van der Waals surface area contributed by atoms with Crippen LogP contribution in [0.3, 0.4) is 0 Å². The molecule has 1 aliphatic heterocycles. The molecule has 66 valence electrons. The van der Waals surface area contributed by atoms with Crippen molar-refractivity contribution < 1.29 is 4.74 Å². The molecule has 0 aromatic carbocycles. The molecule has 0 N–H and O–H groups in total. The molecule has 2 heteroatoms. The van der Waals surface area contributed by atoms with E-state index in [-0.39, 0.29) is 5.60 Å². The zero-order chi connectivity index (χ0) is 8.48. The van der Waals surface area contributed by atoms with Crippen LogP contribution in [0.5, 0.6) is 0 Å². The number of rotatable bonds is 3. The Morgan fingerprint density at radius 3 is 2.36 bits per heavy atom. The molecule has 0 spiro atoms. The molecule has 1 fully saturated rings. The van der Waals surface area contributed by atoms with Gasteiger partial charge in [0.1, 0.15) is 0 Å². The van der Waals surface area contributed by atoms with Crippen molar-refractivity contribution in [3.63, 3.8) is 0 Å². The fourth-order valence-corrected chi connectivity index (χ4v) is 1.62. The lowest BCUT2D eigenvalue weighted by atomic mass is 9.95. The van der Waals surface area contributed by atoms with Gasteiger partial charge in [0, 0.05) is 25.7 Å². The summed E-state index contributed by atoms with van der Waals surface area (Å²) in [6.45, 7) is 11.7. The number of ether oxygens (including phenoxy) is 1. The lowest BCUT2D eigenvalue weighted by molar-refractivity contribution is -0.137. The Morgan fingerprint density at radius 1 is 1.45 bits per heavy atom. The van der Waals surface area contributed by atoms with Crippen molar-refractivity contribution >= 4 is 0 Å². The molecule has 0 atom stereocenters. The van der Waals surface area contributed by atoms with E-state index in [2.05, 4.69) is 32.6 Å². The molecule has 1 heterocycles. The van der Waals surface area contributed by atoms with Gasteiger partial charge in [0.15, 0.2) is 0 Å². The second-order valence-electron chi connectivity index (χ2n) is 3.88. The van der Waals surface area contributed by atoms with Gasteiger partial charge in [0.2, 0.25) is 0 Å². The number of nitrogens with zero attached hydrogens (tertiary/aromatic N) is 1. The van der Waals surface area contributed by atoms with Gasteiger partial charge in [-0.1, -0.05) is 0 Å². The first-order chi connectivity index (χ1) is 5.07. The highest BCUT2D eigenvalue weighted by atomic mass is 16.5. The highest BCUT2D eigenvalue weighted by Crippen LogP contribution is 2.25. The van der Waals surface area contributed by atoms with Crippen LogP contribution in [-0.2, 0) is 4.74 Å². The maximum absolute atomic E-state index is 5.60. The monoisotopic (exact) mass is 157 g/mol. The summed E-state index contributed by atoms with van der Waals surface area (Å²) in [4.78, 5) is 2.43. The first-order valence-electron chi connectivity index (χ1n) is 4.45. The van der Waals surface area contributed by atoms with Crippen LogP contribution in [0.15, 0.2) is 0 Å². The minimum Gasteiger partial charge on any atom is -0.373 e. The van der Waals surface area contributed by atoms with Crippen molar-refractivity contribution in [3.8, 4) is 0 Å². The summed E-state index contributed by atoms with van der Waals surface area (Å²) in [5.74, 6) is 0. The smallest absolute Gasteiger partial charge is 0.0906 e. The molecule has 0 radical (unpaired) electrons. The van der Waals surface area contributed by atoms with Gasteiger partial charge in [-0.05, 0) is 27.7 Å². The quantitative estimate of drug-likeness (QED) is 0.615. The van der Waals surface area contributed by atoms with Crippen LogP contribution in [0, 0.1) is 0 Å². The standard InChI is InChI=1S/C9H19NO/c1-5-11-9(4)6-10(7-9)8(2)3/h8H,5-7H2,1-4H3. The lowest BCUT2D eigenvalue weighted by Crippen LogP contribution is -2.63. The third-order valence-corrected chi connectivity index (χ3v) is 2.30. The van der Waals surface area contributed by atoms with Crippen molar-refractivity contribution in [2.24, 2.45) is 0 Å². The van der Waals surface area contributed by atoms with Crippen molar-refractivity contribution in [2.75, 3.05) is 19.7 Å². The molecule has 2 nitrogen and oxygen atoms in total. The van der Waals surface area contributed by atoms with Crippen molar-refractivity contribution in [3.05, 3.63) is 0 Å². The van der Waals surface area contributed by atoms with Crippen LogP contribution in [0.4, 0.5) is 0 Å². The fraction of sp³-hybridized carbons (Fsp3) is 1.00. The Morgan fingerprint density at radius 2 is 2.00 bits per heavy atom. The average molecular weight is 157 g/mol. The summed E-state index contributed by atoms with van der Waals surface area (Å²) in [6.07, 6.45) is 0. The highest BCUT2D eigenvalue weighted by molar-refractivity contribution is 4.94. The molecular weight excluding hydrogens is 138 g/mol. The zero-order valence-corrected chi connectivity index (χ0v) is 8.05. The molecule has 0 unspecified atom stereocenters. The minimum absolute atomic E-state index is 0.152. The van der Waals surface area contributed by atoms with Gasteiger partial charge < -0.3 is 4.74 Å². The molecular formula is C9H19NO. The van der Waals surface area contributed by atoms with Crippen LogP contribution in [0.1, 0.15) is 27.7 Å². The topological polar surface area (TPSA) is 12.5 Å². The van der Waals surface area contributed by atoms with Crippen LogP contribution in [0.25, 0.3) is 0 Å². The minimum atomic E-state index is 0.152. The second-order valence-corrected chi connectivity index (χ2v) is 3.88. The van der Waals surface area contributed by atoms with Gasteiger partial charge in [-0.2, -0.15) is 0 Å². The molecule has 1 saturated heterocycles. The number of likely N-dealkylation sites (tertiary alicyclic amines) is 1. The second kappa shape index (κ2) is 3.11. The molecule has 11 heavy (non-hydrogen) atoms. The Balaban J connectivity index is 2.26. The summed E-state index contributed by atoms with van der Waals surface area (Å²) < 4.78 is 5.60. The Labute approximate surface area is 69.5 Å². The summed E-state index contributed by atoms with van der Waals surface area (Å²) in [7, 11) is 0. The predicted octanol–water partition coefficient (Wildman–Crippen LogP) is 1.51. The average Bonchev–Trinajstić information content (AvgIpc) is 1.82. The van der Waals surface area contributed by atoms with Gasteiger partial charge in [-0.15, -0.1) is 0 Å². The maximum Gasteiger partial charge on any atom is 0.0906 e. The van der Waals surface area contributed by atoms with Crippen LogP contribution in [-0.4, -0.2) is 36.2 Å². The van der Waals surface area contributed by atoms with Crippen LogP contribution >= 0.6 is 0 Å². The largest absolute Gasteiger partial charge is 0.373 e. The van der Waals surface area contributed by atoms with E-state index in [9.17, 15) is 0 Å². The number of hydrogen-bond acceptors (Lipinski definition) is 2. The third-order valence-electron chi connectivity index (χ3n) is 2.30. The van der Waals surface area contributed by atoms with E-state index >= 15 is 0 Å². The summed E-state index contributed by atoms with van der Waals surface area (Å²) in [5, 5.41) is 0. The molecule has 0 saturated carbocycles. The predicted molar refractivity (Wildman–Crippen MR) is 46.7 cm³/mol. The first-order valence-corrected chi connectivity index (χ1v) is 4.45. The van der Waals surface area contributed by atoms with Gasteiger partial charge in [0.05, 0.1) is 5.60 Å². The Kier molecular flexibility index (Phi) is 2.55. The molecule has 0 aliphatic carbocycles. The van der Waals surface area contributed by atoms with Gasteiger partial charge >= 0.3 is 0 Å². The van der Waals surface area contributed by atoms with Crippen molar-refractivity contribution in [1.82, 2.24) is 4.90 Å². The van der Waals surface area contributed by atoms with Gasteiger partial charge in [-0.25, -0.2) is 0 Å². The Bertz CT molecular complexity index is 128. The summed E-state index contributed by atoms with van der Waals surface area (Å²) in [6, 6.07) is 0.670. The molecule has 0 bridgehead atoms. The molecule has 0 amide bonds. The summed E-state index contributed by atoms with van der Waals surface area (Å²) in [5.41, 5.74) is 0.152. The first kappa shape index (κ1) is 9.01. The van der Waals surface area contributed by atoms with E-state index in [0.717, 1.165) is 19.7 Å². The van der Waals surface area contributed by atoms with E-state index in [1.807, 2.05) is 0 Å². The Hall–Kier alpha value is -0.0800. The van der Waals surface area contributed by atoms with E-state index in [1.165, 1.54) is 0 Å². The summed E-state index contributed by atoms with van der Waals surface area (Å²) >= 11 is 0. The van der Waals surface area contributed by atoms with E-state index in [1.54, 1.807) is 0 Å². The molecule has 1 aliphatic rings. The van der Waals surface area contributed by atoms with Crippen LogP contribution < -0.4 is 0 Å². The third kappa shape index (κ3) is 1.94. The highest BCUT2D eigenvalue weighted by Gasteiger charge is 2.40. The van der Waals surface area contributed by atoms with E-state index in [4.69, 9.17) is 4.74 Å². The van der Waals surface area contributed by atoms with Crippen molar-refractivity contribution in [1.29, 1.82) is 0 Å². The SMILES string of the molecule is CCOC1(C)CN(C(C)C)C1. The molecule has 0 aromatic rings. The van der Waals surface area contributed by atoms with Gasteiger partial charge in [0.25, 0.3) is 0 Å². The normalized spacial score (nSPS) is 23.7. The van der Waals surface area contributed by atoms with Crippen molar-refractivity contribution in [2.45, 2.75) is 39.3 Å². The maximum atomic E-state index is 5.60. The van der Waals surface area contributed by atoms with E-state index in [0.29, 0.717) is 6.04 Å². The zero-order valence-electron chi connectivity index (χ0n) is 8.05. The van der Waals surface area contributed by atoms with Gasteiger partial charge in [-0.3, -0.25) is 4.90 Å². The molecule has 0 aromatic heterocycles. The lowest BCUT2D eigenvalue weighted by Gasteiger charge is -2.49. The number of hydrogen-bond donors (Lipinski definition) is 0. The van der Waals surface area contributed by atoms with E-state index < -0.39 is 0 Å². The fourth-order valence-electron chi connectivity index (χ4n) is 1.62. The molecule has 1 rings (SSSR count). The van der Waals surface area contributed by atoms with Crippen LogP contribution in [0.2, 0.25) is 0 Å².